The van der Waals surface area contributed by atoms with Gasteiger partial charge in [0.05, 0.1) is 17.6 Å². The maximum Gasteiger partial charge on any atom is 0.153 e. The summed E-state index contributed by atoms with van der Waals surface area (Å²) in [5.74, 6) is -0.313. The summed E-state index contributed by atoms with van der Waals surface area (Å²) >= 11 is 0. The summed E-state index contributed by atoms with van der Waals surface area (Å²) in [7, 11) is -2.98. The highest BCUT2D eigenvalue weighted by Gasteiger charge is 2.34. The topological polar surface area (TPSA) is 54.4 Å². The van der Waals surface area contributed by atoms with Crippen LogP contribution in [0.25, 0.3) is 0 Å². The Hall–Kier alpha value is -0.350. The molecule has 58 valence electrons. The van der Waals surface area contributed by atoms with E-state index in [4.69, 9.17) is 5.11 Å². The fraction of sp³-hybridized carbons (Fsp3) is 0.667. The summed E-state index contributed by atoms with van der Waals surface area (Å²) in [5.41, 5.74) is 0. The van der Waals surface area contributed by atoms with Crippen LogP contribution in [0.5, 0.6) is 0 Å². The lowest BCUT2D eigenvalue weighted by Gasteiger charge is -2.03. The number of hydrogen-bond acceptors (Lipinski definition) is 3. The van der Waals surface area contributed by atoms with Crippen LogP contribution in [-0.4, -0.2) is 31.1 Å². The van der Waals surface area contributed by atoms with Gasteiger partial charge >= 0.3 is 0 Å². The van der Waals surface area contributed by atoms with Gasteiger partial charge in [0.25, 0.3) is 0 Å². The van der Waals surface area contributed by atoms with Gasteiger partial charge in [-0.2, -0.15) is 0 Å². The first-order chi connectivity index (χ1) is 4.55. The average Bonchev–Trinajstić information content (AvgIpc) is 2.05. The van der Waals surface area contributed by atoms with Gasteiger partial charge in [-0.05, 0) is 0 Å². The molecule has 2 atom stereocenters. The van der Waals surface area contributed by atoms with Crippen molar-refractivity contribution in [3.8, 4) is 0 Å². The minimum Gasteiger partial charge on any atom is -0.391 e. The van der Waals surface area contributed by atoms with Gasteiger partial charge in [-0.3, -0.25) is 0 Å². The molecule has 2 unspecified atom stereocenters. The Morgan fingerprint density at radius 2 is 2.10 bits per heavy atom. The normalized spacial score (nSPS) is 37.7. The van der Waals surface area contributed by atoms with Gasteiger partial charge in [0.1, 0.15) is 0 Å². The Morgan fingerprint density at radius 1 is 1.50 bits per heavy atom. The van der Waals surface area contributed by atoms with E-state index in [1.54, 1.807) is 0 Å². The molecule has 0 aromatic carbocycles. The number of hydrogen-bond donors (Lipinski definition) is 1. The maximum absolute atomic E-state index is 10.8. The largest absolute Gasteiger partial charge is 0.391 e. The van der Waals surface area contributed by atoms with Crippen molar-refractivity contribution >= 4 is 9.84 Å². The molecular weight excluding hydrogens is 152 g/mol. The summed E-state index contributed by atoms with van der Waals surface area (Å²) < 4.78 is 21.6. The number of rotatable bonds is 1. The molecule has 0 radical (unpaired) electrons. The minimum atomic E-state index is -2.98. The van der Waals surface area contributed by atoms with Crippen LogP contribution in [0, 0.1) is 5.92 Å². The Kier molecular flexibility index (Phi) is 1.83. The molecule has 1 aliphatic rings. The molecule has 1 fully saturated rings. The van der Waals surface area contributed by atoms with Crippen molar-refractivity contribution in [3.05, 3.63) is 12.7 Å². The van der Waals surface area contributed by atoms with E-state index < -0.39 is 15.9 Å². The van der Waals surface area contributed by atoms with E-state index in [0.717, 1.165) is 0 Å². The Bertz CT molecular complexity index is 229. The molecule has 10 heavy (non-hydrogen) atoms. The van der Waals surface area contributed by atoms with Crippen molar-refractivity contribution in [3.63, 3.8) is 0 Å². The molecule has 0 bridgehead atoms. The molecule has 0 saturated carbocycles. The van der Waals surface area contributed by atoms with Gasteiger partial charge in [-0.1, -0.05) is 6.08 Å². The molecule has 0 aromatic heterocycles. The SMILES string of the molecule is C=CC1CS(=O)(=O)CC1O. The number of aliphatic hydroxyl groups is 1. The first-order valence-corrected chi connectivity index (χ1v) is 4.88. The zero-order valence-corrected chi connectivity index (χ0v) is 6.34. The van der Waals surface area contributed by atoms with E-state index in [1.807, 2.05) is 0 Å². The van der Waals surface area contributed by atoms with Crippen molar-refractivity contribution in [2.75, 3.05) is 11.5 Å². The highest BCUT2D eigenvalue weighted by atomic mass is 32.2. The van der Waals surface area contributed by atoms with E-state index in [9.17, 15) is 8.42 Å². The van der Waals surface area contributed by atoms with E-state index in [1.165, 1.54) is 6.08 Å². The van der Waals surface area contributed by atoms with Gasteiger partial charge < -0.3 is 5.11 Å². The number of aliphatic hydroxyl groups excluding tert-OH is 1. The molecule has 1 N–H and O–H groups in total. The van der Waals surface area contributed by atoms with Gasteiger partial charge in [0.15, 0.2) is 9.84 Å². The third-order valence-corrected chi connectivity index (χ3v) is 3.41. The van der Waals surface area contributed by atoms with E-state index >= 15 is 0 Å². The monoisotopic (exact) mass is 162 g/mol. The second kappa shape index (κ2) is 2.36. The molecule has 0 aromatic rings. The first-order valence-electron chi connectivity index (χ1n) is 3.06. The van der Waals surface area contributed by atoms with Gasteiger partial charge in [-0.15, -0.1) is 6.58 Å². The molecule has 0 aliphatic carbocycles. The van der Waals surface area contributed by atoms with Crippen LogP contribution in [0.4, 0.5) is 0 Å². The third kappa shape index (κ3) is 1.38. The Labute approximate surface area is 60.3 Å². The highest BCUT2D eigenvalue weighted by molar-refractivity contribution is 7.91. The Balaban J connectivity index is 2.80. The Morgan fingerprint density at radius 3 is 2.30 bits per heavy atom. The van der Waals surface area contributed by atoms with Crippen LogP contribution >= 0.6 is 0 Å². The highest BCUT2D eigenvalue weighted by Crippen LogP contribution is 2.19. The van der Waals surface area contributed by atoms with E-state index in [-0.39, 0.29) is 17.4 Å². The number of sulfone groups is 1. The van der Waals surface area contributed by atoms with E-state index in [2.05, 4.69) is 6.58 Å². The maximum atomic E-state index is 10.8. The molecule has 0 spiro atoms. The quantitative estimate of drug-likeness (QED) is 0.533. The fourth-order valence-corrected chi connectivity index (χ4v) is 2.93. The average molecular weight is 162 g/mol. The zero-order chi connectivity index (χ0) is 7.78. The zero-order valence-electron chi connectivity index (χ0n) is 5.53. The molecule has 0 amide bonds. The van der Waals surface area contributed by atoms with Crippen LogP contribution in [0.3, 0.4) is 0 Å². The van der Waals surface area contributed by atoms with Gasteiger partial charge in [0, 0.05) is 5.92 Å². The van der Waals surface area contributed by atoms with Crippen molar-refractivity contribution in [2.45, 2.75) is 6.10 Å². The van der Waals surface area contributed by atoms with Crippen LogP contribution in [0.1, 0.15) is 0 Å². The molecule has 1 aliphatic heterocycles. The molecule has 4 heteroatoms. The third-order valence-electron chi connectivity index (χ3n) is 1.67. The summed E-state index contributed by atoms with van der Waals surface area (Å²) in [6.45, 7) is 3.43. The van der Waals surface area contributed by atoms with E-state index in [0.29, 0.717) is 0 Å². The lowest BCUT2D eigenvalue weighted by molar-refractivity contribution is 0.171. The summed E-state index contributed by atoms with van der Waals surface area (Å²) in [5, 5.41) is 9.07. The molecular formula is C6H10O3S. The second-order valence-corrected chi connectivity index (χ2v) is 4.70. The lowest BCUT2D eigenvalue weighted by atomic mass is 10.1. The van der Waals surface area contributed by atoms with Crippen LogP contribution in [0.15, 0.2) is 12.7 Å². The molecule has 1 rings (SSSR count). The predicted octanol–water partition coefficient (Wildman–Crippen LogP) is -0.422. The predicted molar refractivity (Wildman–Crippen MR) is 38.3 cm³/mol. The smallest absolute Gasteiger partial charge is 0.153 e. The van der Waals surface area contributed by atoms with Gasteiger partial charge in [-0.25, -0.2) is 8.42 Å². The van der Waals surface area contributed by atoms with Crippen molar-refractivity contribution in [2.24, 2.45) is 5.92 Å². The van der Waals surface area contributed by atoms with Crippen LogP contribution in [0.2, 0.25) is 0 Å². The molecule has 1 saturated heterocycles. The summed E-state index contributed by atoms with van der Waals surface area (Å²) in [6, 6.07) is 0. The van der Waals surface area contributed by atoms with Crippen LogP contribution < -0.4 is 0 Å². The lowest BCUT2D eigenvalue weighted by Crippen LogP contribution is -2.14. The summed E-state index contributed by atoms with van der Waals surface area (Å²) in [6.07, 6.45) is 0.761. The first kappa shape index (κ1) is 7.75. The van der Waals surface area contributed by atoms with Crippen LogP contribution in [-0.2, 0) is 9.84 Å². The minimum absolute atomic E-state index is 0.0532. The second-order valence-electron chi connectivity index (χ2n) is 2.54. The fourth-order valence-electron chi connectivity index (χ4n) is 1.08. The van der Waals surface area contributed by atoms with Crippen molar-refractivity contribution < 1.29 is 13.5 Å². The van der Waals surface area contributed by atoms with Gasteiger partial charge in [0.2, 0.25) is 0 Å². The van der Waals surface area contributed by atoms with Crippen molar-refractivity contribution in [1.29, 1.82) is 0 Å². The molecule has 1 heterocycles. The summed E-state index contributed by atoms with van der Waals surface area (Å²) in [4.78, 5) is 0. The van der Waals surface area contributed by atoms with Crippen molar-refractivity contribution in [1.82, 2.24) is 0 Å². The molecule has 3 nitrogen and oxygen atoms in total. The standard InChI is InChI=1S/C6H10O3S/c1-2-5-3-10(8,9)4-6(5)7/h2,5-7H,1,3-4H2.